The molecule has 0 atom stereocenters. The number of benzene rings is 1. The molecule has 0 N–H and O–H groups in total. The molecule has 0 aliphatic carbocycles. The van der Waals surface area contributed by atoms with Crippen LogP contribution in [0.2, 0.25) is 0 Å². The van der Waals surface area contributed by atoms with Crippen LogP contribution in [0.4, 0.5) is 23.4 Å². The molecule has 26 heavy (non-hydrogen) atoms. The average Bonchev–Trinajstić information content (AvgIpc) is 2.87. The lowest BCUT2D eigenvalue weighted by atomic mass is 10.2. The van der Waals surface area contributed by atoms with Gasteiger partial charge in [-0.3, -0.25) is 4.79 Å². The minimum Gasteiger partial charge on any atom is -0.353 e. The number of rotatable bonds is 2. The summed E-state index contributed by atoms with van der Waals surface area (Å²) in [4.78, 5) is 15.8. The Kier molecular flexibility index (Phi) is 5.06. The highest BCUT2D eigenvalue weighted by Crippen LogP contribution is 2.27. The number of carbonyl (C=O) groups is 1. The smallest absolute Gasteiger partial charge is 0.353 e. The summed E-state index contributed by atoms with van der Waals surface area (Å²) in [6, 6.07) is 7.92. The van der Waals surface area contributed by atoms with Crippen molar-refractivity contribution in [3.8, 4) is 0 Å². The van der Waals surface area contributed by atoms with Gasteiger partial charge in [0.2, 0.25) is 0 Å². The summed E-state index contributed by atoms with van der Waals surface area (Å²) in [5.41, 5.74) is -1.04. The summed E-state index contributed by atoms with van der Waals surface area (Å²) < 4.78 is 51.5. The van der Waals surface area contributed by atoms with Crippen LogP contribution >= 0.6 is 0 Å². The number of hydrogen-bond donors (Lipinski definition) is 0. The Labute approximate surface area is 147 Å². The Morgan fingerprint density at radius 2 is 1.73 bits per heavy atom. The normalized spacial score (nSPS) is 15.7. The van der Waals surface area contributed by atoms with Gasteiger partial charge in [0.25, 0.3) is 5.91 Å². The zero-order valence-corrected chi connectivity index (χ0v) is 13.7. The third-order valence-electron chi connectivity index (χ3n) is 4.15. The molecule has 5 nitrogen and oxygen atoms in total. The number of anilines is 1. The van der Waals surface area contributed by atoms with Gasteiger partial charge in [0.1, 0.15) is 5.82 Å². The predicted octanol–water partition coefficient (Wildman–Crippen LogP) is 2.99. The molecule has 9 heteroatoms. The SMILES string of the molecule is O=C(c1ccccc1F)N1CCCN(c2ccc(C(F)(F)F)nn2)CC1. The van der Waals surface area contributed by atoms with E-state index in [4.69, 9.17) is 0 Å². The van der Waals surface area contributed by atoms with Crippen LogP contribution in [0, 0.1) is 5.82 Å². The lowest BCUT2D eigenvalue weighted by Gasteiger charge is -2.22. The predicted molar refractivity (Wildman–Crippen MR) is 86.2 cm³/mol. The van der Waals surface area contributed by atoms with Crippen molar-refractivity contribution in [2.45, 2.75) is 12.6 Å². The standard InChI is InChI=1S/C17H16F4N4O/c18-13-5-2-1-4-12(13)16(26)25-9-3-8-24(10-11-25)15-7-6-14(22-23-15)17(19,20)21/h1-2,4-7H,3,8-11H2. The molecule has 1 aromatic carbocycles. The quantitative estimate of drug-likeness (QED) is 0.765. The first kappa shape index (κ1) is 18.1. The number of nitrogens with zero attached hydrogens (tertiary/aromatic N) is 4. The molecule has 1 aliphatic rings. The number of alkyl halides is 3. The van der Waals surface area contributed by atoms with Crippen LogP contribution in [-0.4, -0.2) is 47.2 Å². The first-order valence-electron chi connectivity index (χ1n) is 8.06. The number of hydrogen-bond acceptors (Lipinski definition) is 4. The lowest BCUT2D eigenvalue weighted by molar-refractivity contribution is -0.141. The fourth-order valence-electron chi connectivity index (χ4n) is 2.80. The average molecular weight is 368 g/mol. The highest BCUT2D eigenvalue weighted by Gasteiger charge is 2.33. The lowest BCUT2D eigenvalue weighted by Crippen LogP contribution is -2.35. The summed E-state index contributed by atoms with van der Waals surface area (Å²) in [5, 5.41) is 6.87. The molecule has 1 aliphatic heterocycles. The van der Waals surface area contributed by atoms with Gasteiger partial charge in [-0.15, -0.1) is 10.2 Å². The van der Waals surface area contributed by atoms with Crippen molar-refractivity contribution in [2.75, 3.05) is 31.1 Å². The number of halogens is 4. The van der Waals surface area contributed by atoms with Gasteiger partial charge < -0.3 is 9.80 Å². The molecule has 138 valence electrons. The minimum atomic E-state index is -4.53. The van der Waals surface area contributed by atoms with Gasteiger partial charge in [-0.1, -0.05) is 12.1 Å². The van der Waals surface area contributed by atoms with Crippen molar-refractivity contribution >= 4 is 11.7 Å². The van der Waals surface area contributed by atoms with Gasteiger partial charge >= 0.3 is 6.18 Å². The van der Waals surface area contributed by atoms with Crippen molar-refractivity contribution in [2.24, 2.45) is 0 Å². The van der Waals surface area contributed by atoms with Gasteiger partial charge in [0.15, 0.2) is 11.5 Å². The van der Waals surface area contributed by atoms with E-state index in [9.17, 15) is 22.4 Å². The van der Waals surface area contributed by atoms with E-state index in [1.807, 2.05) is 0 Å². The molecule has 2 heterocycles. The largest absolute Gasteiger partial charge is 0.435 e. The van der Waals surface area contributed by atoms with Crippen LogP contribution in [0.15, 0.2) is 36.4 Å². The topological polar surface area (TPSA) is 49.3 Å². The fourth-order valence-corrected chi connectivity index (χ4v) is 2.80. The molecule has 0 spiro atoms. The second-order valence-corrected chi connectivity index (χ2v) is 5.89. The summed E-state index contributed by atoms with van der Waals surface area (Å²) in [6.45, 7) is 1.63. The van der Waals surface area contributed by atoms with Crippen LogP contribution in [0.25, 0.3) is 0 Å². The maximum Gasteiger partial charge on any atom is 0.435 e. The molecule has 1 fully saturated rings. The van der Waals surface area contributed by atoms with Gasteiger partial charge in [-0.25, -0.2) is 4.39 Å². The first-order valence-corrected chi connectivity index (χ1v) is 8.06. The highest BCUT2D eigenvalue weighted by molar-refractivity contribution is 5.94. The molecule has 0 unspecified atom stereocenters. The molecule has 0 bridgehead atoms. The number of carbonyl (C=O) groups excluding carboxylic acids is 1. The Morgan fingerprint density at radius 3 is 2.38 bits per heavy atom. The van der Waals surface area contributed by atoms with Crippen LogP contribution in [0.1, 0.15) is 22.5 Å². The molecule has 2 aromatic rings. The van der Waals surface area contributed by atoms with Gasteiger partial charge in [0, 0.05) is 26.2 Å². The molecular formula is C17H16F4N4O. The number of aromatic nitrogens is 2. The van der Waals surface area contributed by atoms with E-state index in [0.717, 1.165) is 6.07 Å². The number of amides is 1. The third kappa shape index (κ3) is 3.92. The first-order chi connectivity index (χ1) is 12.4. The van der Waals surface area contributed by atoms with E-state index < -0.39 is 23.6 Å². The maximum absolute atomic E-state index is 13.8. The second kappa shape index (κ2) is 7.27. The molecule has 1 amide bonds. The van der Waals surface area contributed by atoms with E-state index >= 15 is 0 Å². The molecule has 1 aromatic heterocycles. The Morgan fingerprint density at radius 1 is 0.962 bits per heavy atom. The van der Waals surface area contributed by atoms with E-state index in [0.29, 0.717) is 38.4 Å². The van der Waals surface area contributed by atoms with E-state index in [2.05, 4.69) is 10.2 Å². The Hall–Kier alpha value is -2.71. The van der Waals surface area contributed by atoms with Crippen molar-refractivity contribution in [3.05, 3.63) is 53.5 Å². The zero-order chi connectivity index (χ0) is 18.7. The second-order valence-electron chi connectivity index (χ2n) is 5.89. The summed E-state index contributed by atoms with van der Waals surface area (Å²) in [7, 11) is 0. The molecule has 0 radical (unpaired) electrons. The zero-order valence-electron chi connectivity index (χ0n) is 13.7. The van der Waals surface area contributed by atoms with Crippen LogP contribution in [-0.2, 0) is 6.18 Å². The summed E-state index contributed by atoms with van der Waals surface area (Å²) in [6.07, 6.45) is -3.95. The monoisotopic (exact) mass is 368 g/mol. The molecular weight excluding hydrogens is 352 g/mol. The van der Waals surface area contributed by atoms with Crippen molar-refractivity contribution in [1.82, 2.24) is 15.1 Å². The van der Waals surface area contributed by atoms with Crippen molar-refractivity contribution in [3.63, 3.8) is 0 Å². The third-order valence-corrected chi connectivity index (χ3v) is 4.15. The molecule has 3 rings (SSSR count). The maximum atomic E-state index is 13.8. The van der Waals surface area contributed by atoms with Crippen molar-refractivity contribution in [1.29, 1.82) is 0 Å². The fraction of sp³-hybridized carbons (Fsp3) is 0.353. The van der Waals surface area contributed by atoms with Crippen LogP contribution in [0.5, 0.6) is 0 Å². The Balaban J connectivity index is 1.68. The summed E-state index contributed by atoms with van der Waals surface area (Å²) in [5.74, 6) is -0.658. The van der Waals surface area contributed by atoms with Crippen LogP contribution < -0.4 is 4.90 Å². The minimum absolute atomic E-state index is 0.00951. The van der Waals surface area contributed by atoms with E-state index in [1.165, 1.54) is 29.2 Å². The van der Waals surface area contributed by atoms with Gasteiger partial charge in [-0.05, 0) is 30.7 Å². The van der Waals surface area contributed by atoms with Crippen molar-refractivity contribution < 1.29 is 22.4 Å². The summed E-state index contributed by atoms with van der Waals surface area (Å²) >= 11 is 0. The molecule has 0 saturated carbocycles. The van der Waals surface area contributed by atoms with Gasteiger partial charge in [0.05, 0.1) is 5.56 Å². The van der Waals surface area contributed by atoms with Gasteiger partial charge in [-0.2, -0.15) is 13.2 Å². The van der Waals surface area contributed by atoms with E-state index in [1.54, 1.807) is 11.0 Å². The molecule has 1 saturated heterocycles. The van der Waals surface area contributed by atoms with E-state index in [-0.39, 0.29) is 5.56 Å². The Bertz CT molecular complexity index is 779. The highest BCUT2D eigenvalue weighted by atomic mass is 19.4. The van der Waals surface area contributed by atoms with Crippen LogP contribution in [0.3, 0.4) is 0 Å².